The first-order chi connectivity index (χ1) is 12.7. The third-order valence-corrected chi connectivity index (χ3v) is 4.82. The summed E-state index contributed by atoms with van der Waals surface area (Å²) in [5.74, 6) is -1.53. The van der Waals surface area contributed by atoms with Gasteiger partial charge in [0.05, 0.1) is 0 Å². The summed E-state index contributed by atoms with van der Waals surface area (Å²) >= 11 is 0. The average Bonchev–Trinajstić information content (AvgIpc) is 2.86. The monoisotopic (exact) mass is 370 g/mol. The summed E-state index contributed by atoms with van der Waals surface area (Å²) in [4.78, 5) is 13.2. The second kappa shape index (κ2) is 5.65. The van der Waals surface area contributed by atoms with E-state index >= 15 is 0 Å². The van der Waals surface area contributed by atoms with E-state index < -0.39 is 23.4 Å². The largest absolute Gasteiger partial charge is 0.508 e. The number of aromatic hydroxyl groups is 3. The fraction of sp³-hybridized carbons (Fsp3) is 0.250. The number of carbonyl (C=O) groups excluding carboxylic acids is 1. The molecule has 2 aromatic carbocycles. The minimum absolute atomic E-state index is 0.0809. The summed E-state index contributed by atoms with van der Waals surface area (Å²) in [7, 11) is 0. The van der Waals surface area contributed by atoms with Crippen LogP contribution in [0.2, 0.25) is 0 Å². The predicted octanol–water partition coefficient (Wildman–Crippen LogP) is 2.49. The van der Waals surface area contributed by atoms with Crippen molar-refractivity contribution in [3.05, 3.63) is 52.6 Å². The molecule has 0 radical (unpaired) electrons. The summed E-state index contributed by atoms with van der Waals surface area (Å²) in [6.45, 7) is 3.74. The molecule has 0 saturated heterocycles. The molecule has 0 spiro atoms. The highest BCUT2D eigenvalue weighted by Gasteiger charge is 2.60. The molecule has 2 aromatic rings. The summed E-state index contributed by atoms with van der Waals surface area (Å²) in [6, 6.07) is 5.19. The summed E-state index contributed by atoms with van der Waals surface area (Å²) < 4.78 is 11.1. The molecule has 2 aliphatic heterocycles. The van der Waals surface area contributed by atoms with Crippen LogP contribution in [0.1, 0.15) is 35.3 Å². The SMILES string of the molecule is CC(C)=CCc1c(O)cc2c(c1O)C(=O)[C@]1(O)c3ccc(O)cc3O[C@@H]1O2. The number of Topliss-reactive ketones (excluding diaryl/α,β-unsaturated/α-hetero) is 1. The zero-order valence-electron chi connectivity index (χ0n) is 14.7. The standard InChI is InChI=1S/C20H18O7/c1-9(2)3-5-11-13(22)8-15-16(17(11)23)18(24)20(25)12-6-4-10(21)7-14(12)26-19(20)27-15/h3-4,6-8,19,21-23,25H,5H2,1-2H3/t19-,20-/m1/s1. The third kappa shape index (κ3) is 2.35. The van der Waals surface area contributed by atoms with Crippen molar-refractivity contribution < 1.29 is 34.7 Å². The van der Waals surface area contributed by atoms with Crippen molar-refractivity contribution in [2.75, 3.05) is 0 Å². The van der Waals surface area contributed by atoms with Crippen LogP contribution in [0, 0.1) is 0 Å². The summed E-state index contributed by atoms with van der Waals surface area (Å²) in [5.41, 5.74) is -1.10. The zero-order chi connectivity index (χ0) is 19.5. The first-order valence-electron chi connectivity index (χ1n) is 8.38. The van der Waals surface area contributed by atoms with Gasteiger partial charge in [0, 0.05) is 23.3 Å². The van der Waals surface area contributed by atoms with Gasteiger partial charge in [-0.3, -0.25) is 4.79 Å². The molecule has 4 rings (SSSR count). The smallest absolute Gasteiger partial charge is 0.281 e. The number of fused-ring (bicyclic) bond motifs is 4. The second-order valence-corrected chi connectivity index (χ2v) is 6.93. The van der Waals surface area contributed by atoms with E-state index in [2.05, 4.69) is 0 Å². The molecule has 7 nitrogen and oxygen atoms in total. The molecule has 0 amide bonds. The average molecular weight is 370 g/mol. The van der Waals surface area contributed by atoms with Gasteiger partial charge in [-0.15, -0.1) is 0 Å². The number of hydrogen-bond acceptors (Lipinski definition) is 7. The number of rotatable bonds is 2. The van der Waals surface area contributed by atoms with E-state index in [4.69, 9.17) is 9.47 Å². The molecule has 0 bridgehead atoms. The van der Waals surface area contributed by atoms with Crippen LogP contribution in [-0.4, -0.2) is 32.5 Å². The molecule has 0 fully saturated rings. The molecule has 2 heterocycles. The van der Waals surface area contributed by atoms with E-state index in [1.165, 1.54) is 24.3 Å². The van der Waals surface area contributed by atoms with Crippen molar-refractivity contribution in [1.29, 1.82) is 0 Å². The van der Waals surface area contributed by atoms with Gasteiger partial charge in [0.1, 0.15) is 34.3 Å². The summed E-state index contributed by atoms with van der Waals surface area (Å²) in [5, 5.41) is 41.6. The van der Waals surface area contributed by atoms with Crippen molar-refractivity contribution in [3.63, 3.8) is 0 Å². The van der Waals surface area contributed by atoms with Gasteiger partial charge in [-0.2, -0.15) is 0 Å². The minimum Gasteiger partial charge on any atom is -0.508 e. The highest BCUT2D eigenvalue weighted by Crippen LogP contribution is 2.52. The summed E-state index contributed by atoms with van der Waals surface area (Å²) in [6.07, 6.45) is 0.615. The van der Waals surface area contributed by atoms with Crippen LogP contribution in [0.3, 0.4) is 0 Å². The van der Waals surface area contributed by atoms with Gasteiger partial charge in [-0.1, -0.05) is 11.6 Å². The van der Waals surface area contributed by atoms with Crippen molar-refractivity contribution in [3.8, 4) is 28.7 Å². The van der Waals surface area contributed by atoms with Crippen molar-refractivity contribution in [2.45, 2.75) is 32.2 Å². The molecule has 0 aromatic heterocycles. The molecule has 0 unspecified atom stereocenters. The molecule has 2 atom stereocenters. The van der Waals surface area contributed by atoms with Crippen molar-refractivity contribution in [2.24, 2.45) is 0 Å². The molecular weight excluding hydrogens is 352 g/mol. The van der Waals surface area contributed by atoms with Crippen LogP contribution in [0.5, 0.6) is 28.7 Å². The van der Waals surface area contributed by atoms with Crippen LogP contribution in [0.15, 0.2) is 35.9 Å². The Bertz CT molecular complexity index is 1000. The number of ether oxygens (including phenoxy) is 2. The molecule has 27 heavy (non-hydrogen) atoms. The Balaban J connectivity index is 1.87. The van der Waals surface area contributed by atoms with Crippen LogP contribution in [0.25, 0.3) is 0 Å². The number of allylic oxidation sites excluding steroid dienone is 2. The van der Waals surface area contributed by atoms with E-state index in [1.807, 2.05) is 13.8 Å². The molecule has 4 N–H and O–H groups in total. The van der Waals surface area contributed by atoms with Crippen molar-refractivity contribution in [1.82, 2.24) is 0 Å². The maximum atomic E-state index is 13.2. The Kier molecular flexibility index (Phi) is 3.61. The number of phenolic OH excluding ortho intramolecular Hbond substituents is 3. The molecule has 140 valence electrons. The number of hydrogen-bond donors (Lipinski definition) is 4. The Hall–Kier alpha value is -3.19. The zero-order valence-corrected chi connectivity index (χ0v) is 14.7. The Morgan fingerprint density at radius 2 is 1.85 bits per heavy atom. The van der Waals surface area contributed by atoms with Crippen LogP contribution in [0.4, 0.5) is 0 Å². The first kappa shape index (κ1) is 17.2. The minimum atomic E-state index is -2.17. The molecule has 7 heteroatoms. The van der Waals surface area contributed by atoms with Gasteiger partial charge >= 0.3 is 0 Å². The Labute approximate surface area is 154 Å². The highest BCUT2D eigenvalue weighted by molar-refractivity contribution is 6.09. The van der Waals surface area contributed by atoms with E-state index in [9.17, 15) is 25.2 Å². The lowest BCUT2D eigenvalue weighted by Gasteiger charge is -2.33. The van der Waals surface area contributed by atoms with Gasteiger partial charge < -0.3 is 29.9 Å². The Morgan fingerprint density at radius 1 is 1.15 bits per heavy atom. The van der Waals surface area contributed by atoms with Crippen LogP contribution in [-0.2, 0) is 12.0 Å². The van der Waals surface area contributed by atoms with E-state index in [0.717, 1.165) is 5.57 Å². The van der Waals surface area contributed by atoms with Crippen LogP contribution < -0.4 is 9.47 Å². The highest BCUT2D eigenvalue weighted by atomic mass is 16.7. The van der Waals surface area contributed by atoms with Gasteiger partial charge in [0.25, 0.3) is 6.29 Å². The number of carbonyl (C=O) groups is 1. The van der Waals surface area contributed by atoms with Gasteiger partial charge in [-0.25, -0.2) is 0 Å². The maximum Gasteiger partial charge on any atom is 0.281 e. The number of aliphatic hydroxyl groups is 1. The molecule has 0 saturated carbocycles. The molecule has 0 aliphatic carbocycles. The second-order valence-electron chi connectivity index (χ2n) is 6.93. The number of benzene rings is 2. The molecule has 2 aliphatic rings. The van der Waals surface area contributed by atoms with Gasteiger partial charge in [0.15, 0.2) is 0 Å². The predicted molar refractivity (Wildman–Crippen MR) is 94.3 cm³/mol. The topological polar surface area (TPSA) is 116 Å². The maximum absolute atomic E-state index is 13.2. The fourth-order valence-corrected chi connectivity index (χ4v) is 3.39. The lowest BCUT2D eigenvalue weighted by Crippen LogP contribution is -2.51. The third-order valence-electron chi connectivity index (χ3n) is 4.82. The van der Waals surface area contributed by atoms with Crippen molar-refractivity contribution >= 4 is 5.78 Å². The molecular formula is C20H18O7. The normalized spacial score (nSPS) is 22.2. The van der Waals surface area contributed by atoms with E-state index in [-0.39, 0.29) is 46.1 Å². The van der Waals surface area contributed by atoms with Gasteiger partial charge in [-0.05, 0) is 32.4 Å². The lowest BCUT2D eigenvalue weighted by molar-refractivity contribution is -0.118. The van der Waals surface area contributed by atoms with Gasteiger partial charge in [0.2, 0.25) is 11.4 Å². The number of phenols is 3. The first-order valence-corrected chi connectivity index (χ1v) is 8.38. The van der Waals surface area contributed by atoms with E-state index in [1.54, 1.807) is 6.08 Å². The van der Waals surface area contributed by atoms with Crippen LogP contribution >= 0.6 is 0 Å². The lowest BCUT2D eigenvalue weighted by atomic mass is 9.83. The Morgan fingerprint density at radius 3 is 2.56 bits per heavy atom. The quantitative estimate of drug-likeness (QED) is 0.600. The van der Waals surface area contributed by atoms with E-state index in [0.29, 0.717) is 0 Å². The fourth-order valence-electron chi connectivity index (χ4n) is 3.39. The number of ketones is 1.